The standard InChI is InChI=1S/C10H7ClN2OS2/c11-6-1-3-7(4-2-6)16-8-5-12-10(15)13-9(8)14/h1-5H,(H2,12,13,14,15). The molecular weight excluding hydrogens is 264 g/mol. The molecule has 0 bridgehead atoms. The van der Waals surface area contributed by atoms with Crippen LogP contribution in [0.3, 0.4) is 0 Å². The molecule has 6 heteroatoms. The highest BCUT2D eigenvalue weighted by atomic mass is 35.5. The van der Waals surface area contributed by atoms with Gasteiger partial charge in [0.25, 0.3) is 5.56 Å². The molecule has 16 heavy (non-hydrogen) atoms. The second kappa shape index (κ2) is 4.86. The molecule has 2 aromatic rings. The summed E-state index contributed by atoms with van der Waals surface area (Å²) in [5.41, 5.74) is -0.191. The lowest BCUT2D eigenvalue weighted by atomic mass is 10.4. The molecule has 0 spiro atoms. The van der Waals surface area contributed by atoms with Gasteiger partial charge in [0.1, 0.15) is 0 Å². The molecule has 0 atom stereocenters. The number of hydrogen-bond donors (Lipinski definition) is 2. The third-order valence-electron chi connectivity index (χ3n) is 1.83. The quantitative estimate of drug-likeness (QED) is 0.824. The third kappa shape index (κ3) is 2.75. The Bertz CT molecular complexity index is 603. The minimum Gasteiger partial charge on any atom is -0.338 e. The van der Waals surface area contributed by atoms with Gasteiger partial charge in [-0.05, 0) is 36.5 Å². The highest BCUT2D eigenvalue weighted by Crippen LogP contribution is 2.25. The molecular formula is C10H7ClN2OS2. The molecule has 0 aliphatic carbocycles. The number of hydrogen-bond acceptors (Lipinski definition) is 3. The molecule has 0 amide bonds. The number of halogens is 1. The predicted molar refractivity (Wildman–Crippen MR) is 67.8 cm³/mol. The average Bonchev–Trinajstić information content (AvgIpc) is 2.25. The number of benzene rings is 1. The van der Waals surface area contributed by atoms with Crippen LogP contribution in [0.5, 0.6) is 0 Å². The van der Waals surface area contributed by atoms with Crippen LogP contribution in [0.15, 0.2) is 45.0 Å². The van der Waals surface area contributed by atoms with E-state index in [2.05, 4.69) is 9.97 Å². The Morgan fingerprint density at radius 3 is 2.56 bits per heavy atom. The predicted octanol–water partition coefficient (Wildman–Crippen LogP) is 3.24. The van der Waals surface area contributed by atoms with Crippen LogP contribution in [0.2, 0.25) is 5.02 Å². The van der Waals surface area contributed by atoms with Crippen molar-refractivity contribution in [1.82, 2.24) is 9.97 Å². The van der Waals surface area contributed by atoms with Crippen molar-refractivity contribution in [3.8, 4) is 0 Å². The van der Waals surface area contributed by atoms with Crippen molar-refractivity contribution >= 4 is 35.6 Å². The minimum absolute atomic E-state index is 0.191. The smallest absolute Gasteiger partial charge is 0.265 e. The van der Waals surface area contributed by atoms with Crippen LogP contribution in [0.1, 0.15) is 0 Å². The summed E-state index contributed by atoms with van der Waals surface area (Å²) in [4.78, 5) is 18.3. The molecule has 0 unspecified atom stereocenters. The SMILES string of the molecule is O=c1[nH]c(=S)[nH]cc1Sc1ccc(Cl)cc1. The summed E-state index contributed by atoms with van der Waals surface area (Å²) in [6, 6.07) is 7.27. The second-order valence-corrected chi connectivity index (χ2v) is 4.95. The van der Waals surface area contributed by atoms with Crippen molar-refractivity contribution < 1.29 is 0 Å². The van der Waals surface area contributed by atoms with Gasteiger partial charge in [-0.2, -0.15) is 0 Å². The maximum atomic E-state index is 11.5. The van der Waals surface area contributed by atoms with Crippen molar-refractivity contribution in [3.05, 3.63) is 50.6 Å². The van der Waals surface area contributed by atoms with Crippen LogP contribution < -0.4 is 5.56 Å². The van der Waals surface area contributed by atoms with Crippen molar-refractivity contribution in [1.29, 1.82) is 0 Å². The van der Waals surface area contributed by atoms with Gasteiger partial charge in [0.05, 0.1) is 4.90 Å². The molecule has 0 aliphatic rings. The Balaban J connectivity index is 2.30. The molecule has 0 fully saturated rings. The monoisotopic (exact) mass is 270 g/mol. The van der Waals surface area contributed by atoms with E-state index in [-0.39, 0.29) is 5.56 Å². The average molecular weight is 271 g/mol. The Kier molecular flexibility index (Phi) is 3.48. The van der Waals surface area contributed by atoms with Crippen LogP contribution in [0.4, 0.5) is 0 Å². The van der Waals surface area contributed by atoms with Gasteiger partial charge in [-0.15, -0.1) is 0 Å². The first-order valence-corrected chi connectivity index (χ1v) is 6.01. The second-order valence-electron chi connectivity index (χ2n) is 2.99. The van der Waals surface area contributed by atoms with Crippen LogP contribution in [-0.2, 0) is 0 Å². The molecule has 1 aromatic carbocycles. The first-order chi connectivity index (χ1) is 7.65. The lowest BCUT2D eigenvalue weighted by molar-refractivity contribution is 1.02. The minimum atomic E-state index is -0.191. The van der Waals surface area contributed by atoms with E-state index in [0.717, 1.165) is 4.90 Å². The molecule has 82 valence electrons. The number of H-pyrrole nitrogens is 2. The summed E-state index contributed by atoms with van der Waals surface area (Å²) in [5, 5.41) is 0.672. The van der Waals surface area contributed by atoms with E-state index in [1.165, 1.54) is 11.8 Å². The fourth-order valence-electron chi connectivity index (χ4n) is 1.10. The Labute approximate surface area is 106 Å². The van der Waals surface area contributed by atoms with Crippen molar-refractivity contribution in [2.75, 3.05) is 0 Å². The number of aromatic nitrogens is 2. The van der Waals surface area contributed by atoms with E-state index in [4.69, 9.17) is 23.8 Å². The number of nitrogens with one attached hydrogen (secondary N) is 2. The maximum absolute atomic E-state index is 11.5. The van der Waals surface area contributed by atoms with Crippen molar-refractivity contribution in [3.63, 3.8) is 0 Å². The summed E-state index contributed by atoms with van der Waals surface area (Å²) in [6.07, 6.45) is 1.60. The largest absolute Gasteiger partial charge is 0.338 e. The van der Waals surface area contributed by atoms with Crippen LogP contribution >= 0.6 is 35.6 Å². The summed E-state index contributed by atoms with van der Waals surface area (Å²) < 4.78 is 0.324. The fraction of sp³-hybridized carbons (Fsp3) is 0. The third-order valence-corrected chi connectivity index (χ3v) is 3.33. The van der Waals surface area contributed by atoms with E-state index < -0.39 is 0 Å². The molecule has 0 aliphatic heterocycles. The van der Waals surface area contributed by atoms with Gasteiger partial charge in [-0.1, -0.05) is 23.4 Å². The molecule has 0 saturated carbocycles. The first-order valence-electron chi connectivity index (χ1n) is 4.40. The fourth-order valence-corrected chi connectivity index (χ4v) is 2.17. The van der Waals surface area contributed by atoms with Crippen LogP contribution in [0, 0.1) is 4.77 Å². The van der Waals surface area contributed by atoms with Gasteiger partial charge in [-0.3, -0.25) is 9.78 Å². The molecule has 1 aromatic heterocycles. The Morgan fingerprint density at radius 2 is 1.94 bits per heavy atom. The summed E-state index contributed by atoms with van der Waals surface area (Å²) in [5.74, 6) is 0. The van der Waals surface area contributed by atoms with Crippen LogP contribution in [-0.4, -0.2) is 9.97 Å². The zero-order valence-electron chi connectivity index (χ0n) is 7.99. The lowest BCUT2D eigenvalue weighted by Gasteiger charge is -2.00. The molecule has 1 heterocycles. The van der Waals surface area contributed by atoms with Gasteiger partial charge < -0.3 is 4.98 Å². The summed E-state index contributed by atoms with van der Waals surface area (Å²) >= 11 is 11.9. The van der Waals surface area contributed by atoms with E-state index in [0.29, 0.717) is 14.7 Å². The van der Waals surface area contributed by atoms with E-state index >= 15 is 0 Å². The van der Waals surface area contributed by atoms with Gasteiger partial charge in [0, 0.05) is 16.1 Å². The first kappa shape index (κ1) is 11.4. The van der Waals surface area contributed by atoms with E-state index in [9.17, 15) is 4.79 Å². The Morgan fingerprint density at radius 1 is 1.25 bits per heavy atom. The van der Waals surface area contributed by atoms with E-state index in [1.54, 1.807) is 18.3 Å². The zero-order valence-corrected chi connectivity index (χ0v) is 10.4. The molecule has 0 saturated heterocycles. The van der Waals surface area contributed by atoms with Gasteiger partial charge >= 0.3 is 0 Å². The Hall–Kier alpha value is -1.04. The topological polar surface area (TPSA) is 48.6 Å². The van der Waals surface area contributed by atoms with Gasteiger partial charge in [-0.25, -0.2) is 0 Å². The summed E-state index contributed by atoms with van der Waals surface area (Å²) in [7, 11) is 0. The lowest BCUT2D eigenvalue weighted by Crippen LogP contribution is -2.08. The van der Waals surface area contributed by atoms with Crippen molar-refractivity contribution in [2.24, 2.45) is 0 Å². The van der Waals surface area contributed by atoms with Crippen molar-refractivity contribution in [2.45, 2.75) is 9.79 Å². The highest BCUT2D eigenvalue weighted by Gasteiger charge is 2.01. The van der Waals surface area contributed by atoms with Gasteiger partial charge in [0.2, 0.25) is 0 Å². The molecule has 2 rings (SSSR count). The molecule has 0 radical (unpaired) electrons. The van der Waals surface area contributed by atoms with Gasteiger partial charge in [0.15, 0.2) is 4.77 Å². The normalized spacial score (nSPS) is 10.3. The number of aromatic amines is 2. The molecule has 3 nitrogen and oxygen atoms in total. The summed E-state index contributed by atoms with van der Waals surface area (Å²) in [6.45, 7) is 0. The highest BCUT2D eigenvalue weighted by molar-refractivity contribution is 7.99. The maximum Gasteiger partial charge on any atom is 0.265 e. The number of rotatable bonds is 2. The van der Waals surface area contributed by atoms with Crippen LogP contribution in [0.25, 0.3) is 0 Å². The van der Waals surface area contributed by atoms with E-state index in [1.807, 2.05) is 12.1 Å². The molecule has 2 N–H and O–H groups in total. The zero-order chi connectivity index (χ0) is 11.5.